The van der Waals surface area contributed by atoms with Gasteiger partial charge in [-0.3, -0.25) is 0 Å². The lowest BCUT2D eigenvalue weighted by molar-refractivity contribution is 0.164. The highest BCUT2D eigenvalue weighted by Crippen LogP contribution is 2.34. The van der Waals surface area contributed by atoms with Crippen molar-refractivity contribution in [3.63, 3.8) is 0 Å². The zero-order valence-corrected chi connectivity index (χ0v) is 17.2. The van der Waals surface area contributed by atoms with Gasteiger partial charge < -0.3 is 4.74 Å². The van der Waals surface area contributed by atoms with E-state index < -0.39 is 5.60 Å². The van der Waals surface area contributed by atoms with E-state index in [0.717, 1.165) is 11.3 Å². The van der Waals surface area contributed by atoms with Crippen LogP contribution in [0.2, 0.25) is 0 Å². The maximum absolute atomic E-state index is 14.5. The van der Waals surface area contributed by atoms with E-state index in [1.807, 2.05) is 69.3 Å². The molecule has 0 aliphatic rings. The summed E-state index contributed by atoms with van der Waals surface area (Å²) in [5, 5.41) is 0. The van der Waals surface area contributed by atoms with Crippen molar-refractivity contribution in [3.8, 4) is 17.6 Å². The first-order chi connectivity index (χ1) is 13.5. The fourth-order valence-electron chi connectivity index (χ4n) is 2.81. The van der Waals surface area contributed by atoms with Gasteiger partial charge in [-0.1, -0.05) is 55.2 Å². The zero-order valence-electron chi connectivity index (χ0n) is 16.4. The zero-order chi connectivity index (χ0) is 20.0. The van der Waals surface area contributed by atoms with E-state index in [4.69, 9.17) is 4.74 Å². The Balaban J connectivity index is 2.05. The second-order valence-electron chi connectivity index (χ2n) is 6.79. The molecule has 0 bridgehead atoms. The van der Waals surface area contributed by atoms with Crippen molar-refractivity contribution in [1.82, 2.24) is 0 Å². The van der Waals surface area contributed by atoms with E-state index in [1.165, 1.54) is 15.9 Å². The van der Waals surface area contributed by atoms with Crippen LogP contribution in [0.1, 0.15) is 27.2 Å². The number of hydrogen-bond acceptors (Lipinski definition) is 1. The first-order valence-electron chi connectivity index (χ1n) is 9.33. The van der Waals surface area contributed by atoms with Gasteiger partial charge in [-0.05, 0) is 50.2 Å². The summed E-state index contributed by atoms with van der Waals surface area (Å²) < 4.78 is 20.5. The third-order valence-electron chi connectivity index (χ3n) is 4.03. The lowest BCUT2D eigenvalue weighted by atomic mass is 10.1. The van der Waals surface area contributed by atoms with Gasteiger partial charge in [-0.25, -0.2) is 4.39 Å². The summed E-state index contributed by atoms with van der Waals surface area (Å²) in [7, 11) is -0.350. The van der Waals surface area contributed by atoms with Crippen LogP contribution < -0.4 is 4.74 Å². The van der Waals surface area contributed by atoms with Gasteiger partial charge in [0.05, 0.1) is 10.9 Å². The quantitative estimate of drug-likeness (QED) is 0.357. The molecule has 0 radical (unpaired) electrons. The van der Waals surface area contributed by atoms with Gasteiger partial charge in [0.15, 0.2) is 31.9 Å². The fraction of sp³-hybridized carbons (Fsp3) is 0.200. The predicted octanol–water partition coefficient (Wildman–Crippen LogP) is 6.49. The van der Waals surface area contributed by atoms with Crippen molar-refractivity contribution in [2.45, 2.75) is 47.5 Å². The van der Waals surface area contributed by atoms with Crippen LogP contribution in [-0.4, -0.2) is 5.60 Å². The monoisotopic (exact) mass is 391 g/mol. The number of rotatable bonds is 5. The minimum absolute atomic E-state index is 0.234. The smallest absolute Gasteiger partial charge is 0.170 e. The highest BCUT2D eigenvalue weighted by Gasteiger charge is 2.30. The Morgan fingerprint density at radius 3 is 1.96 bits per heavy atom. The van der Waals surface area contributed by atoms with Crippen molar-refractivity contribution in [3.05, 3.63) is 84.7 Å². The summed E-state index contributed by atoms with van der Waals surface area (Å²) in [5.41, 5.74) is -0.756. The summed E-state index contributed by atoms with van der Waals surface area (Å²) in [6.07, 6.45) is 0.737. The Bertz CT molecular complexity index is 932. The van der Waals surface area contributed by atoms with Gasteiger partial charge in [0, 0.05) is 12.5 Å². The largest absolute Gasteiger partial charge is 0.472 e. The molecule has 3 aromatic rings. The van der Waals surface area contributed by atoms with Crippen molar-refractivity contribution in [1.29, 1.82) is 0 Å². The Morgan fingerprint density at radius 2 is 1.43 bits per heavy atom. The van der Waals surface area contributed by atoms with Crippen LogP contribution in [0, 0.1) is 17.7 Å². The van der Waals surface area contributed by atoms with Crippen LogP contribution in [0.15, 0.2) is 93.5 Å². The van der Waals surface area contributed by atoms with Gasteiger partial charge in [0.2, 0.25) is 0 Å². The SMILES string of the molecule is CCC#CC(C)(C)Oc1cc([S+](c2ccccc2)c2ccccc2)ccc1F. The molecule has 0 amide bonds. The summed E-state index contributed by atoms with van der Waals surface area (Å²) in [6.45, 7) is 5.70. The second kappa shape index (κ2) is 8.99. The van der Waals surface area contributed by atoms with Crippen LogP contribution in [0.4, 0.5) is 4.39 Å². The number of ether oxygens (including phenoxy) is 1. The average molecular weight is 392 g/mol. The number of halogens is 1. The van der Waals surface area contributed by atoms with Gasteiger partial charge in [0.1, 0.15) is 0 Å². The molecule has 0 saturated carbocycles. The molecule has 142 valence electrons. The second-order valence-corrected chi connectivity index (χ2v) is 8.82. The first kappa shape index (κ1) is 20.0. The molecule has 3 rings (SSSR count). The normalized spacial score (nSPS) is 11.0. The van der Waals surface area contributed by atoms with Gasteiger partial charge >= 0.3 is 0 Å². The van der Waals surface area contributed by atoms with Crippen molar-refractivity contribution in [2.24, 2.45) is 0 Å². The number of benzene rings is 3. The van der Waals surface area contributed by atoms with Crippen molar-refractivity contribution in [2.75, 3.05) is 0 Å². The van der Waals surface area contributed by atoms with E-state index >= 15 is 0 Å². The van der Waals surface area contributed by atoms with Crippen LogP contribution in [0.5, 0.6) is 5.75 Å². The highest BCUT2D eigenvalue weighted by molar-refractivity contribution is 7.97. The Kier molecular flexibility index (Phi) is 6.44. The molecule has 0 aliphatic heterocycles. The molecule has 0 N–H and O–H groups in total. The molecule has 0 atom stereocenters. The topological polar surface area (TPSA) is 9.23 Å². The summed E-state index contributed by atoms with van der Waals surface area (Å²) in [6, 6.07) is 25.7. The third kappa shape index (κ3) is 4.97. The Labute approximate surface area is 169 Å². The molecule has 28 heavy (non-hydrogen) atoms. The molecule has 1 nitrogen and oxygen atoms in total. The lowest BCUT2D eigenvalue weighted by Gasteiger charge is -2.21. The van der Waals surface area contributed by atoms with E-state index in [9.17, 15) is 4.39 Å². The van der Waals surface area contributed by atoms with Gasteiger partial charge in [-0.2, -0.15) is 0 Å². The minimum atomic E-state index is -0.756. The molecule has 0 spiro atoms. The van der Waals surface area contributed by atoms with Crippen molar-refractivity contribution >= 4 is 10.9 Å². The molecular weight excluding hydrogens is 367 g/mol. The molecule has 0 unspecified atom stereocenters. The molecule has 0 aromatic heterocycles. The number of hydrogen-bond donors (Lipinski definition) is 0. The Morgan fingerprint density at radius 1 is 0.857 bits per heavy atom. The summed E-state index contributed by atoms with van der Waals surface area (Å²) in [4.78, 5) is 3.36. The van der Waals surface area contributed by atoms with Crippen LogP contribution >= 0.6 is 0 Å². The Hall–Kier alpha value is -2.70. The molecule has 0 heterocycles. The molecule has 0 aliphatic carbocycles. The lowest BCUT2D eigenvalue weighted by Crippen LogP contribution is -2.26. The molecule has 3 heteroatoms. The van der Waals surface area contributed by atoms with Crippen LogP contribution in [-0.2, 0) is 10.9 Å². The summed E-state index contributed by atoms with van der Waals surface area (Å²) >= 11 is 0. The van der Waals surface area contributed by atoms with Crippen LogP contribution in [0.25, 0.3) is 0 Å². The van der Waals surface area contributed by atoms with E-state index in [1.54, 1.807) is 0 Å². The van der Waals surface area contributed by atoms with E-state index in [-0.39, 0.29) is 22.5 Å². The van der Waals surface area contributed by atoms with Gasteiger partial charge in [0.25, 0.3) is 0 Å². The minimum Gasteiger partial charge on any atom is -0.472 e. The molecule has 0 fully saturated rings. The third-order valence-corrected chi connectivity index (χ3v) is 6.24. The first-order valence-corrected chi connectivity index (χ1v) is 10.6. The average Bonchev–Trinajstić information content (AvgIpc) is 2.70. The van der Waals surface area contributed by atoms with E-state index in [0.29, 0.717) is 0 Å². The molecular formula is C25H24FOS+. The van der Waals surface area contributed by atoms with Crippen molar-refractivity contribution < 1.29 is 9.13 Å². The molecule has 3 aromatic carbocycles. The highest BCUT2D eigenvalue weighted by atomic mass is 32.2. The van der Waals surface area contributed by atoms with Crippen LogP contribution in [0.3, 0.4) is 0 Å². The van der Waals surface area contributed by atoms with Gasteiger partial charge in [-0.15, -0.1) is 0 Å². The summed E-state index contributed by atoms with van der Waals surface area (Å²) in [5.74, 6) is 5.94. The van der Waals surface area contributed by atoms with E-state index in [2.05, 4.69) is 36.1 Å². The standard InChI is InChI=1S/C25H24FOS/c1-4-5-18-25(2,3)27-24-19-22(16-17-23(24)26)28(20-12-8-6-9-13-20)21-14-10-7-11-15-21/h6-17,19H,4H2,1-3H3/q+1. The molecule has 0 saturated heterocycles. The maximum Gasteiger partial charge on any atom is 0.170 e. The maximum atomic E-state index is 14.5. The predicted molar refractivity (Wildman–Crippen MR) is 114 cm³/mol. The fourth-order valence-corrected chi connectivity index (χ4v) is 4.92.